The van der Waals surface area contributed by atoms with E-state index in [4.69, 9.17) is 14.2 Å². The van der Waals surface area contributed by atoms with Crippen molar-refractivity contribution in [3.05, 3.63) is 23.3 Å². The van der Waals surface area contributed by atoms with Crippen LogP contribution in [0.1, 0.15) is 30.9 Å². The molecule has 1 aromatic rings. The number of carbonyl (C=O) groups is 1. The summed E-state index contributed by atoms with van der Waals surface area (Å²) in [4.78, 5) is 14.3. The Balaban J connectivity index is 2.09. The van der Waals surface area contributed by atoms with Crippen LogP contribution in [0.3, 0.4) is 0 Å². The van der Waals surface area contributed by atoms with E-state index in [1.165, 1.54) is 0 Å². The normalized spacial score (nSPS) is 18.5. The fraction of sp³-hybridized carbons (Fsp3) is 0.611. The molecule has 1 atom stereocenters. The van der Waals surface area contributed by atoms with Crippen LogP contribution in [0, 0.1) is 12.8 Å². The first kappa shape index (κ1) is 17.6. The fourth-order valence-corrected chi connectivity index (χ4v) is 3.25. The van der Waals surface area contributed by atoms with Crippen LogP contribution >= 0.6 is 0 Å². The number of hydrogen-bond donors (Lipinski definition) is 0. The Morgan fingerprint density at radius 2 is 2.09 bits per heavy atom. The average Bonchev–Trinajstić information content (AvgIpc) is 2.56. The van der Waals surface area contributed by atoms with Crippen LogP contribution in [0.25, 0.3) is 0 Å². The first-order valence-electron chi connectivity index (χ1n) is 8.20. The molecule has 0 aromatic heterocycles. The van der Waals surface area contributed by atoms with Crippen molar-refractivity contribution in [2.24, 2.45) is 5.92 Å². The second kappa shape index (κ2) is 8.20. The van der Waals surface area contributed by atoms with Gasteiger partial charge in [-0.1, -0.05) is 6.07 Å². The maximum Gasteiger partial charge on any atom is 0.310 e. The summed E-state index contributed by atoms with van der Waals surface area (Å²) in [6.07, 6.45) is 1.93. The van der Waals surface area contributed by atoms with E-state index in [0.29, 0.717) is 6.61 Å². The van der Waals surface area contributed by atoms with Crippen LogP contribution < -0.4 is 9.47 Å². The third-order valence-corrected chi connectivity index (χ3v) is 4.38. The zero-order chi connectivity index (χ0) is 16.8. The Bertz CT molecular complexity index is 544. The van der Waals surface area contributed by atoms with Crippen molar-refractivity contribution in [1.82, 2.24) is 4.90 Å². The number of ether oxygens (including phenoxy) is 3. The Kier molecular flexibility index (Phi) is 6.28. The third-order valence-electron chi connectivity index (χ3n) is 4.38. The molecule has 128 valence electrons. The SMILES string of the molecule is CCOC(=O)C1CCCN(Cc2ccc(OC)c(C)c2OC)C1. The average molecular weight is 321 g/mol. The standard InChI is InChI=1S/C18H27NO4/c1-5-23-18(20)15-7-6-10-19(12-15)11-14-8-9-16(21-3)13(2)17(14)22-4/h8-9,15H,5-7,10-12H2,1-4H3. The second-order valence-electron chi connectivity index (χ2n) is 5.91. The lowest BCUT2D eigenvalue weighted by atomic mass is 9.97. The summed E-state index contributed by atoms with van der Waals surface area (Å²) in [6.45, 7) is 6.80. The zero-order valence-corrected chi connectivity index (χ0v) is 14.6. The lowest BCUT2D eigenvalue weighted by molar-refractivity contribution is -0.150. The maximum absolute atomic E-state index is 12.0. The van der Waals surface area contributed by atoms with E-state index < -0.39 is 0 Å². The molecule has 5 heteroatoms. The van der Waals surface area contributed by atoms with Crippen LogP contribution in [0.5, 0.6) is 11.5 Å². The van der Waals surface area contributed by atoms with Gasteiger partial charge in [0.15, 0.2) is 0 Å². The van der Waals surface area contributed by atoms with Gasteiger partial charge in [0.25, 0.3) is 0 Å². The second-order valence-corrected chi connectivity index (χ2v) is 5.91. The van der Waals surface area contributed by atoms with E-state index in [9.17, 15) is 4.79 Å². The van der Waals surface area contributed by atoms with E-state index in [1.807, 2.05) is 26.0 Å². The number of methoxy groups -OCH3 is 2. The van der Waals surface area contributed by atoms with E-state index in [1.54, 1.807) is 14.2 Å². The molecule has 1 aromatic carbocycles. The largest absolute Gasteiger partial charge is 0.496 e. The number of benzene rings is 1. The number of hydrogen-bond acceptors (Lipinski definition) is 5. The molecule has 1 fully saturated rings. The van der Waals surface area contributed by atoms with Crippen molar-refractivity contribution in [1.29, 1.82) is 0 Å². The minimum atomic E-state index is -0.0740. The van der Waals surface area contributed by atoms with Gasteiger partial charge in [0.1, 0.15) is 11.5 Å². The highest BCUT2D eigenvalue weighted by Gasteiger charge is 2.27. The lowest BCUT2D eigenvalue weighted by Gasteiger charge is -2.32. The van der Waals surface area contributed by atoms with Crippen LogP contribution in [-0.2, 0) is 16.1 Å². The fourth-order valence-electron chi connectivity index (χ4n) is 3.25. The van der Waals surface area contributed by atoms with Gasteiger partial charge in [0, 0.05) is 24.2 Å². The first-order chi connectivity index (χ1) is 11.1. The predicted octanol–water partition coefficient (Wildman–Crippen LogP) is 2.79. The van der Waals surface area contributed by atoms with Gasteiger partial charge < -0.3 is 14.2 Å². The zero-order valence-electron chi connectivity index (χ0n) is 14.6. The molecule has 0 amide bonds. The van der Waals surface area contributed by atoms with Crippen LogP contribution in [0.15, 0.2) is 12.1 Å². The molecule has 0 radical (unpaired) electrons. The molecule has 5 nitrogen and oxygen atoms in total. The van der Waals surface area contributed by atoms with Crippen molar-refractivity contribution in [3.63, 3.8) is 0 Å². The predicted molar refractivity (Wildman–Crippen MR) is 88.9 cm³/mol. The van der Waals surface area contributed by atoms with Crippen molar-refractivity contribution < 1.29 is 19.0 Å². The lowest BCUT2D eigenvalue weighted by Crippen LogP contribution is -2.39. The molecule has 0 N–H and O–H groups in total. The van der Waals surface area contributed by atoms with Crippen molar-refractivity contribution in [3.8, 4) is 11.5 Å². The Hall–Kier alpha value is -1.75. The number of likely N-dealkylation sites (tertiary alicyclic amines) is 1. The highest BCUT2D eigenvalue weighted by molar-refractivity contribution is 5.72. The summed E-state index contributed by atoms with van der Waals surface area (Å²) < 4.78 is 16.1. The number of esters is 1. The van der Waals surface area contributed by atoms with E-state index in [0.717, 1.165) is 55.1 Å². The van der Waals surface area contributed by atoms with Gasteiger partial charge in [0.05, 0.1) is 26.7 Å². The molecule has 1 unspecified atom stereocenters. The molecule has 1 aliphatic rings. The first-order valence-corrected chi connectivity index (χ1v) is 8.20. The number of rotatable bonds is 6. The summed E-state index contributed by atoms with van der Waals surface area (Å²) in [7, 11) is 3.35. The third kappa shape index (κ3) is 4.16. The van der Waals surface area contributed by atoms with Crippen LogP contribution in [0.4, 0.5) is 0 Å². The van der Waals surface area contributed by atoms with E-state index in [2.05, 4.69) is 4.90 Å². The van der Waals surface area contributed by atoms with Gasteiger partial charge in [-0.3, -0.25) is 9.69 Å². The molecule has 1 aliphatic heterocycles. The molecule has 0 bridgehead atoms. The van der Waals surface area contributed by atoms with Gasteiger partial charge >= 0.3 is 5.97 Å². The Morgan fingerprint density at radius 1 is 1.30 bits per heavy atom. The molecular weight excluding hydrogens is 294 g/mol. The smallest absolute Gasteiger partial charge is 0.310 e. The summed E-state index contributed by atoms with van der Waals surface area (Å²) >= 11 is 0. The summed E-state index contributed by atoms with van der Waals surface area (Å²) in [5, 5.41) is 0. The van der Waals surface area contributed by atoms with Crippen LogP contribution in [-0.4, -0.2) is 44.8 Å². The molecule has 23 heavy (non-hydrogen) atoms. The van der Waals surface area contributed by atoms with Crippen LogP contribution in [0.2, 0.25) is 0 Å². The highest BCUT2D eigenvalue weighted by atomic mass is 16.5. The number of nitrogens with zero attached hydrogens (tertiary/aromatic N) is 1. The van der Waals surface area contributed by atoms with Gasteiger partial charge in [-0.05, 0) is 39.3 Å². The highest BCUT2D eigenvalue weighted by Crippen LogP contribution is 2.32. The summed E-state index contributed by atoms with van der Waals surface area (Å²) in [6, 6.07) is 4.01. The Morgan fingerprint density at radius 3 is 2.74 bits per heavy atom. The molecule has 0 spiro atoms. The minimum absolute atomic E-state index is 0.0194. The Labute approximate surface area is 138 Å². The van der Waals surface area contributed by atoms with E-state index >= 15 is 0 Å². The molecule has 1 saturated heterocycles. The van der Waals surface area contributed by atoms with E-state index in [-0.39, 0.29) is 11.9 Å². The topological polar surface area (TPSA) is 48.0 Å². The van der Waals surface area contributed by atoms with Gasteiger partial charge in [-0.15, -0.1) is 0 Å². The summed E-state index contributed by atoms with van der Waals surface area (Å²) in [5.74, 6) is 1.60. The van der Waals surface area contributed by atoms with Gasteiger partial charge in [-0.2, -0.15) is 0 Å². The molecule has 1 heterocycles. The monoisotopic (exact) mass is 321 g/mol. The van der Waals surface area contributed by atoms with Gasteiger partial charge in [-0.25, -0.2) is 0 Å². The molecule has 2 rings (SSSR count). The number of piperidine rings is 1. The summed E-state index contributed by atoms with van der Waals surface area (Å²) in [5.41, 5.74) is 2.13. The molecular formula is C18H27NO4. The number of carbonyl (C=O) groups excluding carboxylic acids is 1. The maximum atomic E-state index is 12.0. The van der Waals surface area contributed by atoms with Crippen molar-refractivity contribution >= 4 is 5.97 Å². The van der Waals surface area contributed by atoms with Crippen molar-refractivity contribution in [2.45, 2.75) is 33.2 Å². The van der Waals surface area contributed by atoms with Gasteiger partial charge in [0.2, 0.25) is 0 Å². The van der Waals surface area contributed by atoms with Crippen molar-refractivity contribution in [2.75, 3.05) is 33.9 Å². The molecule has 0 saturated carbocycles. The molecule has 0 aliphatic carbocycles. The quantitative estimate of drug-likeness (QED) is 0.754. The minimum Gasteiger partial charge on any atom is -0.496 e.